The summed E-state index contributed by atoms with van der Waals surface area (Å²) in [5, 5.41) is 3.05. The van der Waals surface area contributed by atoms with E-state index in [-0.39, 0.29) is 6.10 Å². The number of rotatable bonds is 6. The van der Waals surface area contributed by atoms with Gasteiger partial charge in [-0.3, -0.25) is 0 Å². The van der Waals surface area contributed by atoms with Crippen molar-refractivity contribution in [1.82, 2.24) is 9.97 Å². The molecule has 3 N–H and O–H groups in total. The van der Waals surface area contributed by atoms with Gasteiger partial charge in [0.25, 0.3) is 0 Å². The first-order valence-electron chi connectivity index (χ1n) is 5.15. The molecule has 0 aliphatic heterocycles. The van der Waals surface area contributed by atoms with Crippen LogP contribution in [0.1, 0.15) is 13.8 Å². The van der Waals surface area contributed by atoms with E-state index in [2.05, 4.69) is 15.3 Å². The van der Waals surface area contributed by atoms with Crippen molar-refractivity contribution in [3.63, 3.8) is 0 Å². The average molecular weight is 226 g/mol. The maximum atomic E-state index is 5.86. The predicted octanol–water partition coefficient (Wildman–Crippen LogP) is 0.904. The first-order valence-corrected chi connectivity index (χ1v) is 5.15. The summed E-state index contributed by atoms with van der Waals surface area (Å²) < 4.78 is 10.4. The Morgan fingerprint density at radius 2 is 2.19 bits per heavy atom. The second-order valence-electron chi connectivity index (χ2n) is 3.53. The highest BCUT2D eigenvalue weighted by molar-refractivity contribution is 5.66. The topological polar surface area (TPSA) is 82.3 Å². The molecule has 0 bridgehead atoms. The Labute approximate surface area is 95.2 Å². The molecular formula is C10H18N4O2. The maximum absolute atomic E-state index is 5.86. The number of aromatic nitrogens is 2. The lowest BCUT2D eigenvalue weighted by atomic mass is 10.4. The van der Waals surface area contributed by atoms with E-state index in [1.54, 1.807) is 7.11 Å². The number of anilines is 2. The molecule has 0 radical (unpaired) electrons. The third-order valence-corrected chi connectivity index (χ3v) is 1.79. The van der Waals surface area contributed by atoms with Crippen molar-refractivity contribution >= 4 is 11.5 Å². The molecule has 0 aliphatic carbocycles. The van der Waals surface area contributed by atoms with Gasteiger partial charge in [-0.15, -0.1) is 0 Å². The van der Waals surface area contributed by atoms with Crippen LogP contribution in [0.15, 0.2) is 6.33 Å². The minimum atomic E-state index is 0.0315. The summed E-state index contributed by atoms with van der Waals surface area (Å²) in [4.78, 5) is 8.01. The van der Waals surface area contributed by atoms with E-state index in [0.29, 0.717) is 30.5 Å². The molecule has 6 nitrogen and oxygen atoms in total. The predicted molar refractivity (Wildman–Crippen MR) is 62.6 cm³/mol. The van der Waals surface area contributed by atoms with Gasteiger partial charge in [0.15, 0.2) is 5.82 Å². The van der Waals surface area contributed by atoms with Crippen LogP contribution in [0.5, 0.6) is 5.88 Å². The van der Waals surface area contributed by atoms with Gasteiger partial charge in [-0.2, -0.15) is 4.98 Å². The van der Waals surface area contributed by atoms with Crippen molar-refractivity contribution in [3.05, 3.63) is 6.33 Å². The molecule has 0 aliphatic rings. The maximum Gasteiger partial charge on any atom is 0.242 e. The minimum absolute atomic E-state index is 0.0315. The Kier molecular flexibility index (Phi) is 4.78. The Morgan fingerprint density at radius 1 is 1.44 bits per heavy atom. The molecule has 0 aromatic carbocycles. The number of methoxy groups -OCH3 is 1. The van der Waals surface area contributed by atoms with E-state index in [1.807, 2.05) is 13.8 Å². The van der Waals surface area contributed by atoms with Gasteiger partial charge in [-0.1, -0.05) is 0 Å². The Morgan fingerprint density at radius 3 is 2.81 bits per heavy atom. The quantitative estimate of drug-likeness (QED) is 0.701. The van der Waals surface area contributed by atoms with Crippen LogP contribution < -0.4 is 15.8 Å². The molecule has 0 saturated heterocycles. The fourth-order valence-corrected chi connectivity index (χ4v) is 1.11. The van der Waals surface area contributed by atoms with Crippen LogP contribution in [-0.4, -0.2) is 36.3 Å². The smallest absolute Gasteiger partial charge is 0.242 e. The van der Waals surface area contributed by atoms with Gasteiger partial charge in [-0.25, -0.2) is 4.98 Å². The number of nitrogens with one attached hydrogen (secondary N) is 1. The van der Waals surface area contributed by atoms with E-state index in [4.69, 9.17) is 15.2 Å². The van der Waals surface area contributed by atoms with E-state index in [9.17, 15) is 0 Å². The summed E-state index contributed by atoms with van der Waals surface area (Å²) in [7, 11) is 1.64. The second kappa shape index (κ2) is 6.12. The largest absolute Gasteiger partial charge is 0.473 e. The number of hydrogen-bond acceptors (Lipinski definition) is 6. The van der Waals surface area contributed by atoms with E-state index >= 15 is 0 Å². The first-order chi connectivity index (χ1) is 7.65. The van der Waals surface area contributed by atoms with Crippen LogP contribution in [0.3, 0.4) is 0 Å². The molecule has 0 saturated carbocycles. The van der Waals surface area contributed by atoms with Gasteiger partial charge in [0, 0.05) is 13.7 Å². The van der Waals surface area contributed by atoms with E-state index < -0.39 is 0 Å². The molecular weight excluding hydrogens is 208 g/mol. The van der Waals surface area contributed by atoms with E-state index in [0.717, 1.165) is 0 Å². The number of hydrogen-bond donors (Lipinski definition) is 2. The Balaban J connectivity index is 2.70. The van der Waals surface area contributed by atoms with Crippen molar-refractivity contribution in [1.29, 1.82) is 0 Å². The van der Waals surface area contributed by atoms with Crippen LogP contribution in [0.2, 0.25) is 0 Å². The number of nitrogens with two attached hydrogens (primary N) is 1. The molecule has 6 heteroatoms. The van der Waals surface area contributed by atoms with Gasteiger partial charge in [-0.05, 0) is 13.8 Å². The van der Waals surface area contributed by atoms with E-state index in [1.165, 1.54) is 6.33 Å². The van der Waals surface area contributed by atoms with Crippen LogP contribution in [0.25, 0.3) is 0 Å². The zero-order chi connectivity index (χ0) is 12.0. The molecule has 1 heterocycles. The fourth-order valence-electron chi connectivity index (χ4n) is 1.11. The second-order valence-corrected chi connectivity index (χ2v) is 3.53. The van der Waals surface area contributed by atoms with Crippen molar-refractivity contribution in [2.45, 2.75) is 20.0 Å². The SMILES string of the molecule is COCCNc1ncnc(OC(C)C)c1N. The Bertz CT molecular complexity index is 331. The third-order valence-electron chi connectivity index (χ3n) is 1.79. The minimum Gasteiger partial charge on any atom is -0.473 e. The first kappa shape index (κ1) is 12.5. The molecule has 0 unspecified atom stereocenters. The third kappa shape index (κ3) is 3.54. The molecule has 1 rings (SSSR count). The lowest BCUT2D eigenvalue weighted by molar-refractivity contribution is 0.210. The number of nitrogen functional groups attached to an aromatic ring is 1. The Hall–Kier alpha value is -1.56. The summed E-state index contributed by atoms with van der Waals surface area (Å²) in [5.41, 5.74) is 6.28. The van der Waals surface area contributed by atoms with Crippen LogP contribution >= 0.6 is 0 Å². The molecule has 1 aromatic heterocycles. The highest BCUT2D eigenvalue weighted by atomic mass is 16.5. The highest BCUT2D eigenvalue weighted by Gasteiger charge is 2.09. The summed E-state index contributed by atoms with van der Waals surface area (Å²) in [6.07, 6.45) is 1.45. The van der Waals surface area contributed by atoms with Crippen molar-refractivity contribution < 1.29 is 9.47 Å². The monoisotopic (exact) mass is 226 g/mol. The average Bonchev–Trinajstić information content (AvgIpc) is 2.23. The molecule has 0 spiro atoms. The number of nitrogens with zero attached hydrogens (tertiary/aromatic N) is 2. The highest BCUT2D eigenvalue weighted by Crippen LogP contribution is 2.24. The van der Waals surface area contributed by atoms with Gasteiger partial charge in [0.2, 0.25) is 5.88 Å². The molecule has 0 amide bonds. The number of ether oxygens (including phenoxy) is 2. The molecule has 90 valence electrons. The zero-order valence-corrected chi connectivity index (χ0v) is 9.86. The van der Waals surface area contributed by atoms with Crippen molar-refractivity contribution in [2.75, 3.05) is 31.3 Å². The molecule has 0 atom stereocenters. The van der Waals surface area contributed by atoms with Crippen LogP contribution in [0.4, 0.5) is 11.5 Å². The van der Waals surface area contributed by atoms with Crippen molar-refractivity contribution in [2.24, 2.45) is 0 Å². The van der Waals surface area contributed by atoms with Gasteiger partial charge < -0.3 is 20.5 Å². The fraction of sp³-hybridized carbons (Fsp3) is 0.600. The standard InChI is InChI=1S/C10H18N4O2/c1-7(2)16-10-8(11)9(13-6-14-10)12-4-5-15-3/h6-7H,4-5,11H2,1-3H3,(H,12,13,14). The summed E-state index contributed by atoms with van der Waals surface area (Å²) in [5.74, 6) is 0.979. The van der Waals surface area contributed by atoms with Crippen LogP contribution in [0, 0.1) is 0 Å². The van der Waals surface area contributed by atoms with Gasteiger partial charge in [0.05, 0.1) is 12.7 Å². The van der Waals surface area contributed by atoms with Crippen molar-refractivity contribution in [3.8, 4) is 5.88 Å². The molecule has 16 heavy (non-hydrogen) atoms. The normalized spacial score (nSPS) is 10.5. The lowest BCUT2D eigenvalue weighted by Crippen LogP contribution is -2.14. The summed E-state index contributed by atoms with van der Waals surface area (Å²) in [6, 6.07) is 0. The zero-order valence-electron chi connectivity index (χ0n) is 9.86. The molecule has 0 fully saturated rings. The summed E-state index contributed by atoms with van der Waals surface area (Å²) >= 11 is 0. The lowest BCUT2D eigenvalue weighted by Gasteiger charge is -2.13. The van der Waals surface area contributed by atoms with Gasteiger partial charge >= 0.3 is 0 Å². The van der Waals surface area contributed by atoms with Crippen LogP contribution in [-0.2, 0) is 4.74 Å². The summed E-state index contributed by atoms with van der Waals surface area (Å²) in [6.45, 7) is 5.06. The molecule has 1 aromatic rings. The van der Waals surface area contributed by atoms with Gasteiger partial charge in [0.1, 0.15) is 12.0 Å².